The number of halogens is 1. The van der Waals surface area contributed by atoms with Gasteiger partial charge < -0.3 is 19.8 Å². The predicted octanol–water partition coefficient (Wildman–Crippen LogP) is 3.54. The van der Waals surface area contributed by atoms with Gasteiger partial charge in [0, 0.05) is 28.8 Å². The summed E-state index contributed by atoms with van der Waals surface area (Å²) in [6.07, 6.45) is 0.0618. The average Bonchev–Trinajstić information content (AvgIpc) is 2.95. The molecule has 2 heterocycles. The zero-order valence-corrected chi connectivity index (χ0v) is 14.7. The molecule has 23 heavy (non-hydrogen) atoms. The summed E-state index contributed by atoms with van der Waals surface area (Å²) >= 11 is 3.47. The first-order chi connectivity index (χ1) is 10.9. The van der Waals surface area contributed by atoms with Gasteiger partial charge in [0.25, 0.3) is 5.91 Å². The highest BCUT2D eigenvalue weighted by Gasteiger charge is 2.28. The van der Waals surface area contributed by atoms with E-state index in [1.807, 2.05) is 26.0 Å². The molecule has 2 aromatic rings. The summed E-state index contributed by atoms with van der Waals surface area (Å²) in [4.78, 5) is 14.4. The number of nitrogens with zero attached hydrogens (tertiary/aromatic N) is 1. The van der Waals surface area contributed by atoms with Gasteiger partial charge in [0.1, 0.15) is 5.76 Å². The predicted molar refractivity (Wildman–Crippen MR) is 92.2 cm³/mol. The van der Waals surface area contributed by atoms with Crippen molar-refractivity contribution in [3.05, 3.63) is 40.6 Å². The van der Waals surface area contributed by atoms with Crippen LogP contribution in [0.5, 0.6) is 0 Å². The van der Waals surface area contributed by atoms with E-state index >= 15 is 0 Å². The third kappa shape index (κ3) is 3.43. The molecule has 0 radical (unpaired) electrons. The van der Waals surface area contributed by atoms with Crippen molar-refractivity contribution in [1.82, 2.24) is 4.90 Å². The Labute approximate surface area is 143 Å². The topological polar surface area (TPSA) is 68.7 Å². The number of nitrogens with two attached hydrogens (primary N) is 1. The molecule has 0 bridgehead atoms. The molecule has 1 aliphatic rings. The van der Waals surface area contributed by atoms with Crippen LogP contribution >= 0.6 is 15.9 Å². The molecular weight excluding hydrogens is 360 g/mol. The maximum absolute atomic E-state index is 12.6. The van der Waals surface area contributed by atoms with Gasteiger partial charge in [0.15, 0.2) is 5.76 Å². The number of benzene rings is 1. The van der Waals surface area contributed by atoms with Crippen molar-refractivity contribution in [2.75, 3.05) is 18.8 Å². The highest BCUT2D eigenvalue weighted by atomic mass is 79.9. The fourth-order valence-corrected chi connectivity index (χ4v) is 3.42. The number of carbonyl (C=O) groups is 1. The molecule has 6 heteroatoms. The first kappa shape index (κ1) is 16.1. The Kier molecular flexibility index (Phi) is 4.46. The lowest BCUT2D eigenvalue weighted by molar-refractivity contribution is -0.0592. The molecule has 1 aromatic heterocycles. The van der Waals surface area contributed by atoms with Gasteiger partial charge in [-0.3, -0.25) is 4.79 Å². The number of carbonyl (C=O) groups excluding carboxylic acids is 1. The van der Waals surface area contributed by atoms with Crippen LogP contribution in [0.2, 0.25) is 0 Å². The second-order valence-electron chi connectivity index (χ2n) is 5.87. The Balaban J connectivity index is 1.82. The Morgan fingerprint density at radius 2 is 1.91 bits per heavy atom. The van der Waals surface area contributed by atoms with Crippen LogP contribution < -0.4 is 5.73 Å². The van der Waals surface area contributed by atoms with E-state index in [1.165, 1.54) is 0 Å². The molecule has 1 aliphatic heterocycles. The molecule has 122 valence electrons. The summed E-state index contributed by atoms with van der Waals surface area (Å²) in [5.41, 5.74) is 7.28. The number of hydrogen-bond acceptors (Lipinski definition) is 4. The summed E-state index contributed by atoms with van der Waals surface area (Å²) < 4.78 is 12.3. The van der Waals surface area contributed by atoms with Gasteiger partial charge in [-0.15, -0.1) is 0 Å². The van der Waals surface area contributed by atoms with Crippen LogP contribution in [0.4, 0.5) is 5.69 Å². The smallest absolute Gasteiger partial charge is 0.289 e. The SMILES string of the molecule is CC1CN(C(=O)c2ccc(-c3ccc(N)cc3Br)o2)CC(C)O1. The normalized spacial score (nSPS) is 21.4. The summed E-state index contributed by atoms with van der Waals surface area (Å²) in [6.45, 7) is 5.08. The molecular formula is C17H19BrN2O3. The van der Waals surface area contributed by atoms with Crippen molar-refractivity contribution in [2.24, 2.45) is 0 Å². The van der Waals surface area contributed by atoms with Crippen molar-refractivity contribution in [3.63, 3.8) is 0 Å². The standard InChI is InChI=1S/C17H19BrN2O3/c1-10-8-20(9-11(2)22-10)17(21)16-6-5-15(23-16)13-4-3-12(19)7-14(13)18/h3-7,10-11H,8-9,19H2,1-2H3. The lowest BCUT2D eigenvalue weighted by Gasteiger charge is -2.34. The van der Waals surface area contributed by atoms with Crippen LogP contribution in [-0.2, 0) is 4.74 Å². The van der Waals surface area contributed by atoms with E-state index in [9.17, 15) is 4.79 Å². The lowest BCUT2D eigenvalue weighted by atomic mass is 10.1. The van der Waals surface area contributed by atoms with Gasteiger partial charge >= 0.3 is 0 Å². The third-order valence-corrected chi connectivity index (χ3v) is 4.44. The Hall–Kier alpha value is -1.79. The second-order valence-corrected chi connectivity index (χ2v) is 6.72. The van der Waals surface area contributed by atoms with E-state index in [1.54, 1.807) is 23.1 Å². The molecule has 3 rings (SSSR count). The van der Waals surface area contributed by atoms with Crippen LogP contribution in [0.15, 0.2) is 39.2 Å². The van der Waals surface area contributed by atoms with Gasteiger partial charge in [0.05, 0.1) is 12.2 Å². The minimum Gasteiger partial charge on any atom is -0.451 e. The molecule has 2 N–H and O–H groups in total. The minimum atomic E-state index is -0.107. The molecule has 1 aromatic carbocycles. The van der Waals surface area contributed by atoms with E-state index in [2.05, 4.69) is 15.9 Å². The summed E-state index contributed by atoms with van der Waals surface area (Å²) in [7, 11) is 0. The van der Waals surface area contributed by atoms with Crippen LogP contribution in [0.1, 0.15) is 24.4 Å². The van der Waals surface area contributed by atoms with Gasteiger partial charge in [-0.1, -0.05) is 0 Å². The van der Waals surface area contributed by atoms with Gasteiger partial charge in [-0.05, 0) is 60.1 Å². The Bertz CT molecular complexity index is 718. The van der Waals surface area contributed by atoms with Crippen molar-refractivity contribution in [3.8, 4) is 11.3 Å². The number of amides is 1. The maximum Gasteiger partial charge on any atom is 0.289 e. The van der Waals surface area contributed by atoms with Crippen molar-refractivity contribution in [2.45, 2.75) is 26.1 Å². The molecule has 0 aliphatic carbocycles. The van der Waals surface area contributed by atoms with E-state index in [0.717, 1.165) is 10.0 Å². The zero-order chi connectivity index (χ0) is 16.6. The van der Waals surface area contributed by atoms with E-state index in [-0.39, 0.29) is 18.1 Å². The maximum atomic E-state index is 12.6. The zero-order valence-electron chi connectivity index (χ0n) is 13.1. The summed E-state index contributed by atoms with van der Waals surface area (Å²) in [5.74, 6) is 0.865. The quantitative estimate of drug-likeness (QED) is 0.811. The first-order valence-corrected chi connectivity index (χ1v) is 8.33. The summed E-state index contributed by atoms with van der Waals surface area (Å²) in [6, 6.07) is 8.99. The number of ether oxygens (including phenoxy) is 1. The van der Waals surface area contributed by atoms with Crippen molar-refractivity contribution >= 4 is 27.5 Å². The largest absolute Gasteiger partial charge is 0.451 e. The molecule has 5 nitrogen and oxygen atoms in total. The van der Waals surface area contributed by atoms with Crippen molar-refractivity contribution in [1.29, 1.82) is 0 Å². The fraction of sp³-hybridized carbons (Fsp3) is 0.353. The molecule has 0 spiro atoms. The molecule has 1 saturated heterocycles. The first-order valence-electron chi connectivity index (χ1n) is 7.54. The van der Waals surface area contributed by atoms with E-state index in [4.69, 9.17) is 14.9 Å². The van der Waals surface area contributed by atoms with E-state index in [0.29, 0.717) is 30.3 Å². The second kappa shape index (κ2) is 6.37. The van der Waals surface area contributed by atoms with Gasteiger partial charge in [-0.2, -0.15) is 0 Å². The van der Waals surface area contributed by atoms with Crippen LogP contribution in [0, 0.1) is 0 Å². The highest BCUT2D eigenvalue weighted by Crippen LogP contribution is 2.31. The number of rotatable bonds is 2. The van der Waals surface area contributed by atoms with Gasteiger partial charge in [-0.25, -0.2) is 0 Å². The van der Waals surface area contributed by atoms with Crippen LogP contribution in [0.3, 0.4) is 0 Å². The van der Waals surface area contributed by atoms with Crippen molar-refractivity contribution < 1.29 is 13.9 Å². The summed E-state index contributed by atoms with van der Waals surface area (Å²) in [5, 5.41) is 0. The molecule has 2 unspecified atom stereocenters. The molecule has 1 amide bonds. The van der Waals surface area contributed by atoms with E-state index < -0.39 is 0 Å². The molecule has 1 fully saturated rings. The Morgan fingerprint density at radius 1 is 1.22 bits per heavy atom. The average molecular weight is 379 g/mol. The number of hydrogen-bond donors (Lipinski definition) is 1. The lowest BCUT2D eigenvalue weighted by Crippen LogP contribution is -2.48. The van der Waals surface area contributed by atoms with Crippen LogP contribution in [-0.4, -0.2) is 36.1 Å². The monoisotopic (exact) mass is 378 g/mol. The molecule has 2 atom stereocenters. The van der Waals surface area contributed by atoms with Gasteiger partial charge in [0.2, 0.25) is 0 Å². The van der Waals surface area contributed by atoms with Crippen LogP contribution in [0.25, 0.3) is 11.3 Å². The Morgan fingerprint density at radius 3 is 2.57 bits per heavy atom. The number of anilines is 1. The number of morpholine rings is 1. The molecule has 0 saturated carbocycles. The minimum absolute atomic E-state index is 0.0309. The third-order valence-electron chi connectivity index (χ3n) is 3.78. The fourth-order valence-electron chi connectivity index (χ4n) is 2.83. The highest BCUT2D eigenvalue weighted by molar-refractivity contribution is 9.10. The number of furan rings is 1. The number of nitrogen functional groups attached to an aromatic ring is 1.